The van der Waals surface area contributed by atoms with Gasteiger partial charge in [-0.15, -0.1) is 0 Å². The van der Waals surface area contributed by atoms with Gasteiger partial charge in [0.2, 0.25) is 0 Å². The summed E-state index contributed by atoms with van der Waals surface area (Å²) in [6, 6.07) is 0. The molecule has 0 bridgehead atoms. The predicted molar refractivity (Wildman–Crippen MR) is 54.7 cm³/mol. The quantitative estimate of drug-likeness (QED) is 0.357. The smallest absolute Gasteiger partial charge is 0.130 e. The van der Waals surface area contributed by atoms with Crippen LogP contribution in [-0.4, -0.2) is 23.3 Å². The number of hydrogen-bond donors (Lipinski definition) is 4. The molecule has 13 heavy (non-hydrogen) atoms. The van der Waals surface area contributed by atoms with Crippen molar-refractivity contribution in [1.82, 2.24) is 0 Å². The highest BCUT2D eigenvalue weighted by Gasteiger charge is 1.99. The molecule has 0 aliphatic carbocycles. The molecule has 72 valence electrons. The SMILES string of the molecule is CC(N)=NC(=N)CC(=N)N=C(C)N. The van der Waals surface area contributed by atoms with E-state index in [0.29, 0.717) is 11.7 Å². The topological polar surface area (TPSA) is 124 Å². The van der Waals surface area contributed by atoms with Crippen molar-refractivity contribution in [1.29, 1.82) is 10.8 Å². The molecule has 0 heterocycles. The van der Waals surface area contributed by atoms with Gasteiger partial charge in [-0.05, 0) is 13.8 Å². The first-order chi connectivity index (χ1) is 5.91. The number of nitrogens with one attached hydrogen (secondary N) is 2. The van der Waals surface area contributed by atoms with Gasteiger partial charge in [0.05, 0.1) is 18.1 Å². The molecule has 0 saturated carbocycles. The highest BCUT2D eigenvalue weighted by atomic mass is 14.9. The minimum absolute atomic E-state index is 0.00926. The lowest BCUT2D eigenvalue weighted by molar-refractivity contribution is 1.27. The van der Waals surface area contributed by atoms with E-state index >= 15 is 0 Å². The fourth-order valence-corrected chi connectivity index (χ4v) is 0.663. The second-order valence-electron chi connectivity index (χ2n) is 2.58. The standard InChI is InChI=1S/C7H14N6/c1-4(8)12-6(10)3-7(11)13-5(2)9/h3H2,1-2H3,(H3,8,10,12)(H3,9,11,13). The molecule has 0 spiro atoms. The molecular weight excluding hydrogens is 168 g/mol. The fraction of sp³-hybridized carbons (Fsp3) is 0.429. The summed E-state index contributed by atoms with van der Waals surface area (Å²) < 4.78 is 0. The zero-order chi connectivity index (χ0) is 10.4. The van der Waals surface area contributed by atoms with Crippen molar-refractivity contribution in [2.75, 3.05) is 0 Å². The highest BCUT2D eigenvalue weighted by molar-refractivity contribution is 6.07. The maximum absolute atomic E-state index is 7.28. The molecule has 0 unspecified atom stereocenters. The lowest BCUT2D eigenvalue weighted by Crippen LogP contribution is -2.13. The van der Waals surface area contributed by atoms with Crippen molar-refractivity contribution in [2.45, 2.75) is 20.3 Å². The van der Waals surface area contributed by atoms with E-state index < -0.39 is 0 Å². The number of rotatable bonds is 2. The van der Waals surface area contributed by atoms with Crippen LogP contribution in [0.2, 0.25) is 0 Å². The lowest BCUT2D eigenvalue weighted by atomic mass is 10.3. The van der Waals surface area contributed by atoms with Crippen molar-refractivity contribution >= 4 is 23.3 Å². The van der Waals surface area contributed by atoms with Crippen LogP contribution >= 0.6 is 0 Å². The summed E-state index contributed by atoms with van der Waals surface area (Å²) in [6.45, 7) is 3.16. The number of nitrogens with zero attached hydrogens (tertiary/aromatic N) is 2. The number of aliphatic imine (C=N–C) groups is 2. The molecule has 6 N–H and O–H groups in total. The van der Waals surface area contributed by atoms with Crippen LogP contribution in [0.25, 0.3) is 0 Å². The average Bonchev–Trinajstić information content (AvgIpc) is 1.80. The third-order valence-electron chi connectivity index (χ3n) is 0.958. The molecule has 0 amide bonds. The number of nitrogens with two attached hydrogens (primary N) is 2. The van der Waals surface area contributed by atoms with Crippen LogP contribution in [0.3, 0.4) is 0 Å². The molecule has 0 rings (SSSR count). The Kier molecular flexibility index (Phi) is 4.36. The molecule has 0 aromatic carbocycles. The zero-order valence-electron chi connectivity index (χ0n) is 7.76. The Labute approximate surface area is 76.8 Å². The molecule has 0 aliphatic rings. The molecule has 0 aliphatic heterocycles. The van der Waals surface area contributed by atoms with Crippen LogP contribution in [0.15, 0.2) is 9.98 Å². The van der Waals surface area contributed by atoms with Crippen LogP contribution < -0.4 is 11.5 Å². The molecule has 0 radical (unpaired) electrons. The van der Waals surface area contributed by atoms with E-state index in [1.807, 2.05) is 0 Å². The van der Waals surface area contributed by atoms with Crippen LogP contribution in [0.1, 0.15) is 20.3 Å². The van der Waals surface area contributed by atoms with Gasteiger partial charge in [-0.3, -0.25) is 10.8 Å². The second kappa shape index (κ2) is 5.02. The minimum Gasteiger partial charge on any atom is -0.387 e. The van der Waals surface area contributed by atoms with Crippen molar-refractivity contribution in [3.63, 3.8) is 0 Å². The van der Waals surface area contributed by atoms with Crippen molar-refractivity contribution < 1.29 is 0 Å². The fourth-order valence-electron chi connectivity index (χ4n) is 0.663. The molecule has 0 aromatic rings. The second-order valence-corrected chi connectivity index (χ2v) is 2.58. The van der Waals surface area contributed by atoms with Gasteiger partial charge in [0.1, 0.15) is 11.7 Å². The third-order valence-corrected chi connectivity index (χ3v) is 0.958. The average molecular weight is 182 g/mol. The zero-order valence-corrected chi connectivity index (χ0v) is 7.76. The lowest BCUT2D eigenvalue weighted by Gasteiger charge is -1.97. The van der Waals surface area contributed by atoms with E-state index in [0.717, 1.165) is 0 Å². The van der Waals surface area contributed by atoms with E-state index in [2.05, 4.69) is 9.98 Å². The van der Waals surface area contributed by atoms with Crippen molar-refractivity contribution in [3.8, 4) is 0 Å². The monoisotopic (exact) mass is 182 g/mol. The van der Waals surface area contributed by atoms with Crippen molar-refractivity contribution in [3.05, 3.63) is 0 Å². The highest BCUT2D eigenvalue weighted by Crippen LogP contribution is 1.90. The van der Waals surface area contributed by atoms with Gasteiger partial charge >= 0.3 is 0 Å². The summed E-state index contributed by atoms with van der Waals surface area (Å²) in [6.07, 6.45) is 0.0447. The molecule has 0 atom stereocenters. The molecule has 0 fully saturated rings. The summed E-state index contributed by atoms with van der Waals surface area (Å²) in [7, 11) is 0. The first kappa shape index (κ1) is 11.3. The van der Waals surface area contributed by atoms with Gasteiger partial charge in [0.15, 0.2) is 0 Å². The molecular formula is C7H14N6. The van der Waals surface area contributed by atoms with Gasteiger partial charge in [0.25, 0.3) is 0 Å². The van der Waals surface area contributed by atoms with Crippen molar-refractivity contribution in [2.24, 2.45) is 21.5 Å². The predicted octanol–water partition coefficient (Wildman–Crippen LogP) is 0.0852. The summed E-state index contributed by atoms with van der Waals surface area (Å²) in [5, 5.41) is 14.6. The third kappa shape index (κ3) is 6.67. The van der Waals surface area contributed by atoms with E-state index in [-0.39, 0.29) is 18.1 Å². The summed E-state index contributed by atoms with van der Waals surface area (Å²) in [5.74, 6) is 0.613. The molecule has 6 nitrogen and oxygen atoms in total. The maximum Gasteiger partial charge on any atom is 0.130 e. The van der Waals surface area contributed by atoms with Gasteiger partial charge in [-0.25, -0.2) is 9.98 Å². The van der Waals surface area contributed by atoms with Gasteiger partial charge < -0.3 is 11.5 Å². The van der Waals surface area contributed by atoms with Crippen LogP contribution in [0, 0.1) is 10.8 Å². The minimum atomic E-state index is 0.00926. The Hall–Kier alpha value is -1.72. The Morgan fingerprint density at radius 3 is 1.54 bits per heavy atom. The first-order valence-electron chi connectivity index (χ1n) is 3.68. The van der Waals surface area contributed by atoms with Gasteiger partial charge in [-0.2, -0.15) is 0 Å². The Morgan fingerprint density at radius 1 is 1.00 bits per heavy atom. The van der Waals surface area contributed by atoms with Gasteiger partial charge in [0, 0.05) is 0 Å². The van der Waals surface area contributed by atoms with E-state index in [4.69, 9.17) is 22.3 Å². The Bertz CT molecular complexity index is 239. The first-order valence-corrected chi connectivity index (χ1v) is 3.68. The van der Waals surface area contributed by atoms with E-state index in [1.165, 1.54) is 0 Å². The largest absolute Gasteiger partial charge is 0.387 e. The Balaban J connectivity index is 4.16. The maximum atomic E-state index is 7.28. The number of amidine groups is 4. The van der Waals surface area contributed by atoms with E-state index in [9.17, 15) is 0 Å². The van der Waals surface area contributed by atoms with Crippen LogP contribution in [-0.2, 0) is 0 Å². The molecule has 0 aromatic heterocycles. The van der Waals surface area contributed by atoms with Crippen LogP contribution in [0.4, 0.5) is 0 Å². The molecule has 6 heteroatoms. The number of hydrogen-bond acceptors (Lipinski definition) is 2. The van der Waals surface area contributed by atoms with Gasteiger partial charge in [-0.1, -0.05) is 0 Å². The van der Waals surface area contributed by atoms with E-state index in [1.54, 1.807) is 13.8 Å². The summed E-state index contributed by atoms with van der Waals surface area (Å²) >= 11 is 0. The summed E-state index contributed by atoms with van der Waals surface area (Å²) in [4.78, 5) is 7.30. The summed E-state index contributed by atoms with van der Waals surface area (Å²) in [5.41, 5.74) is 10.5. The molecule has 0 saturated heterocycles. The normalized spacial score (nSPS) is 12.8. The van der Waals surface area contributed by atoms with Crippen LogP contribution in [0.5, 0.6) is 0 Å². The Morgan fingerprint density at radius 2 is 1.31 bits per heavy atom.